The minimum absolute atomic E-state index is 0.813. The van der Waals surface area contributed by atoms with E-state index in [2.05, 4.69) is 24.8 Å². The highest BCUT2D eigenvalue weighted by molar-refractivity contribution is 7.79. The van der Waals surface area contributed by atoms with Crippen molar-refractivity contribution in [1.82, 2.24) is 0 Å². The van der Waals surface area contributed by atoms with Crippen molar-refractivity contribution in [3.8, 4) is 5.75 Å². The molecule has 0 N–H and O–H groups in total. The SMILES string of the molecule is SCc1ccc2c(c1)CCO2. The summed E-state index contributed by atoms with van der Waals surface area (Å²) in [4.78, 5) is 0. The van der Waals surface area contributed by atoms with Crippen molar-refractivity contribution in [1.29, 1.82) is 0 Å². The van der Waals surface area contributed by atoms with Crippen LogP contribution in [0.1, 0.15) is 11.1 Å². The van der Waals surface area contributed by atoms with E-state index in [1.807, 2.05) is 6.07 Å². The molecule has 0 aromatic heterocycles. The zero-order valence-corrected chi connectivity index (χ0v) is 7.10. The predicted molar refractivity (Wildman–Crippen MR) is 48.3 cm³/mol. The van der Waals surface area contributed by atoms with Gasteiger partial charge in [-0.1, -0.05) is 12.1 Å². The minimum Gasteiger partial charge on any atom is -0.493 e. The van der Waals surface area contributed by atoms with Gasteiger partial charge >= 0.3 is 0 Å². The maximum Gasteiger partial charge on any atom is 0.122 e. The Morgan fingerprint density at radius 3 is 3.18 bits per heavy atom. The standard InChI is InChI=1S/C9H10OS/c11-6-7-1-2-9-8(5-7)3-4-10-9/h1-2,5,11H,3-4,6H2. The number of benzene rings is 1. The Morgan fingerprint density at radius 1 is 1.45 bits per heavy atom. The van der Waals surface area contributed by atoms with Gasteiger partial charge in [-0.15, -0.1) is 0 Å². The van der Waals surface area contributed by atoms with E-state index in [0.717, 1.165) is 24.5 Å². The first-order chi connectivity index (χ1) is 5.40. The van der Waals surface area contributed by atoms with Gasteiger partial charge in [0.15, 0.2) is 0 Å². The Balaban J connectivity index is 2.41. The second-order valence-corrected chi connectivity index (χ2v) is 3.01. The van der Waals surface area contributed by atoms with Crippen LogP contribution in [0.4, 0.5) is 0 Å². The summed E-state index contributed by atoms with van der Waals surface area (Å²) in [6, 6.07) is 6.28. The summed E-state index contributed by atoms with van der Waals surface area (Å²) in [5, 5.41) is 0. The van der Waals surface area contributed by atoms with E-state index in [4.69, 9.17) is 4.74 Å². The lowest BCUT2D eigenvalue weighted by atomic mass is 10.1. The molecule has 0 amide bonds. The highest BCUT2D eigenvalue weighted by atomic mass is 32.1. The van der Waals surface area contributed by atoms with Crippen molar-refractivity contribution in [2.45, 2.75) is 12.2 Å². The first-order valence-corrected chi connectivity index (χ1v) is 4.39. The zero-order valence-electron chi connectivity index (χ0n) is 6.21. The predicted octanol–water partition coefficient (Wildman–Crippen LogP) is 2.05. The molecule has 0 saturated heterocycles. The van der Waals surface area contributed by atoms with E-state index in [0.29, 0.717) is 0 Å². The average Bonchev–Trinajstić information content (AvgIpc) is 2.50. The summed E-state index contributed by atoms with van der Waals surface area (Å²) in [6.45, 7) is 0.839. The number of hydrogen-bond donors (Lipinski definition) is 1. The summed E-state index contributed by atoms with van der Waals surface area (Å²) in [7, 11) is 0. The van der Waals surface area contributed by atoms with Gasteiger partial charge in [0, 0.05) is 12.2 Å². The smallest absolute Gasteiger partial charge is 0.122 e. The van der Waals surface area contributed by atoms with Crippen LogP contribution in [-0.2, 0) is 12.2 Å². The highest BCUT2D eigenvalue weighted by Gasteiger charge is 2.10. The molecule has 1 heterocycles. The summed E-state index contributed by atoms with van der Waals surface area (Å²) < 4.78 is 5.37. The molecule has 0 aliphatic carbocycles. The Kier molecular flexibility index (Phi) is 1.78. The molecule has 0 unspecified atom stereocenters. The van der Waals surface area contributed by atoms with Gasteiger partial charge in [-0.25, -0.2) is 0 Å². The lowest BCUT2D eigenvalue weighted by Gasteiger charge is -1.99. The molecular weight excluding hydrogens is 156 g/mol. The van der Waals surface area contributed by atoms with Crippen LogP contribution in [0.5, 0.6) is 5.75 Å². The van der Waals surface area contributed by atoms with Gasteiger partial charge in [-0.05, 0) is 17.2 Å². The van der Waals surface area contributed by atoms with Gasteiger partial charge in [-0.3, -0.25) is 0 Å². The van der Waals surface area contributed by atoms with Crippen molar-refractivity contribution in [3.63, 3.8) is 0 Å². The number of rotatable bonds is 1. The van der Waals surface area contributed by atoms with Gasteiger partial charge in [-0.2, -0.15) is 12.6 Å². The van der Waals surface area contributed by atoms with Crippen LogP contribution in [-0.4, -0.2) is 6.61 Å². The Hall–Kier alpha value is -0.630. The Bertz CT molecular complexity index is 270. The van der Waals surface area contributed by atoms with E-state index in [1.54, 1.807) is 0 Å². The van der Waals surface area contributed by atoms with Gasteiger partial charge < -0.3 is 4.74 Å². The van der Waals surface area contributed by atoms with Crippen molar-refractivity contribution < 1.29 is 4.74 Å². The van der Waals surface area contributed by atoms with Crippen molar-refractivity contribution in [2.24, 2.45) is 0 Å². The van der Waals surface area contributed by atoms with Crippen molar-refractivity contribution >= 4 is 12.6 Å². The summed E-state index contributed by atoms with van der Waals surface area (Å²) in [5.74, 6) is 1.86. The third-order valence-electron chi connectivity index (χ3n) is 1.94. The molecule has 1 aromatic rings. The molecule has 0 saturated carbocycles. The van der Waals surface area contributed by atoms with Crippen LogP contribution in [0.15, 0.2) is 18.2 Å². The first-order valence-electron chi connectivity index (χ1n) is 3.75. The number of ether oxygens (including phenoxy) is 1. The highest BCUT2D eigenvalue weighted by Crippen LogP contribution is 2.26. The summed E-state index contributed by atoms with van der Waals surface area (Å²) in [5.41, 5.74) is 2.61. The normalized spacial score (nSPS) is 14.3. The number of thiol groups is 1. The monoisotopic (exact) mass is 166 g/mol. The molecule has 1 aliphatic rings. The lowest BCUT2D eigenvalue weighted by molar-refractivity contribution is 0.357. The van der Waals surface area contributed by atoms with Crippen LogP contribution in [0.25, 0.3) is 0 Å². The molecule has 1 aliphatic heterocycles. The Labute approximate surface area is 71.8 Å². The summed E-state index contributed by atoms with van der Waals surface area (Å²) >= 11 is 4.21. The quantitative estimate of drug-likeness (QED) is 0.628. The fourth-order valence-corrected chi connectivity index (χ4v) is 1.53. The maximum atomic E-state index is 5.37. The molecule has 2 rings (SSSR count). The fraction of sp³-hybridized carbons (Fsp3) is 0.333. The molecule has 0 fully saturated rings. The zero-order chi connectivity index (χ0) is 7.68. The molecule has 1 aromatic carbocycles. The molecule has 11 heavy (non-hydrogen) atoms. The second-order valence-electron chi connectivity index (χ2n) is 2.70. The van der Waals surface area contributed by atoms with E-state index in [-0.39, 0.29) is 0 Å². The average molecular weight is 166 g/mol. The number of fused-ring (bicyclic) bond motifs is 1. The van der Waals surface area contributed by atoms with Crippen molar-refractivity contribution in [3.05, 3.63) is 29.3 Å². The van der Waals surface area contributed by atoms with E-state index < -0.39 is 0 Å². The maximum absolute atomic E-state index is 5.37. The molecule has 1 nitrogen and oxygen atoms in total. The molecule has 0 spiro atoms. The van der Waals surface area contributed by atoms with E-state index >= 15 is 0 Å². The topological polar surface area (TPSA) is 9.23 Å². The van der Waals surface area contributed by atoms with E-state index in [1.165, 1.54) is 11.1 Å². The first kappa shape index (κ1) is 7.04. The molecular formula is C9H10OS. The van der Waals surface area contributed by atoms with Gasteiger partial charge in [0.2, 0.25) is 0 Å². The third kappa shape index (κ3) is 1.23. The Morgan fingerprint density at radius 2 is 2.36 bits per heavy atom. The number of hydrogen-bond acceptors (Lipinski definition) is 2. The fourth-order valence-electron chi connectivity index (χ4n) is 1.34. The van der Waals surface area contributed by atoms with Crippen LogP contribution >= 0.6 is 12.6 Å². The second kappa shape index (κ2) is 2.78. The lowest BCUT2D eigenvalue weighted by Crippen LogP contribution is -1.85. The van der Waals surface area contributed by atoms with Gasteiger partial charge in [0.05, 0.1) is 6.61 Å². The van der Waals surface area contributed by atoms with Crippen LogP contribution in [0, 0.1) is 0 Å². The molecule has 0 atom stereocenters. The molecule has 0 radical (unpaired) electrons. The van der Waals surface area contributed by atoms with Crippen LogP contribution in [0.2, 0.25) is 0 Å². The van der Waals surface area contributed by atoms with E-state index in [9.17, 15) is 0 Å². The summed E-state index contributed by atoms with van der Waals surface area (Å²) in [6.07, 6.45) is 1.05. The van der Waals surface area contributed by atoms with Crippen LogP contribution < -0.4 is 4.74 Å². The van der Waals surface area contributed by atoms with Crippen molar-refractivity contribution in [2.75, 3.05) is 6.61 Å². The molecule has 0 bridgehead atoms. The third-order valence-corrected chi connectivity index (χ3v) is 2.30. The van der Waals surface area contributed by atoms with Crippen LogP contribution in [0.3, 0.4) is 0 Å². The minimum atomic E-state index is 0.813. The van der Waals surface area contributed by atoms with Gasteiger partial charge in [0.25, 0.3) is 0 Å². The largest absolute Gasteiger partial charge is 0.493 e. The van der Waals surface area contributed by atoms with Gasteiger partial charge in [0.1, 0.15) is 5.75 Å². The molecule has 2 heteroatoms. The molecule has 58 valence electrons.